The standard InChI is InChI=1S/C27H23N5O3/c1-19-24(26(30-35-19)20-9-5-3-6-10-20)18-34-25-14-13-21(15-28-25)27(33)32(22-11-7-4-8-12-22)23-16-29-31(2)17-23/h3-17H,18H2,1-2H3. The fraction of sp³-hybridized carbons (Fsp3) is 0.111. The third-order valence-corrected chi connectivity index (χ3v) is 5.55. The van der Waals surface area contributed by atoms with Crippen molar-refractivity contribution in [3.63, 3.8) is 0 Å². The van der Waals surface area contributed by atoms with Crippen molar-refractivity contribution in [2.24, 2.45) is 7.05 Å². The molecule has 174 valence electrons. The van der Waals surface area contributed by atoms with Gasteiger partial charge in [-0.05, 0) is 25.1 Å². The normalized spacial score (nSPS) is 10.8. The molecule has 0 N–H and O–H groups in total. The first-order valence-electron chi connectivity index (χ1n) is 11.1. The van der Waals surface area contributed by atoms with Crippen molar-refractivity contribution >= 4 is 17.3 Å². The van der Waals surface area contributed by atoms with Gasteiger partial charge in [-0.1, -0.05) is 53.7 Å². The fourth-order valence-corrected chi connectivity index (χ4v) is 3.74. The van der Waals surface area contributed by atoms with Gasteiger partial charge in [0, 0.05) is 36.8 Å². The summed E-state index contributed by atoms with van der Waals surface area (Å²) in [7, 11) is 1.81. The molecule has 5 rings (SSSR count). The summed E-state index contributed by atoms with van der Waals surface area (Å²) in [4.78, 5) is 19.4. The third kappa shape index (κ3) is 4.67. The van der Waals surface area contributed by atoms with Gasteiger partial charge in [0.05, 0.1) is 23.0 Å². The minimum atomic E-state index is -0.218. The van der Waals surface area contributed by atoms with Crippen molar-refractivity contribution in [2.75, 3.05) is 4.90 Å². The molecule has 0 atom stereocenters. The molecule has 3 aromatic heterocycles. The number of ether oxygens (including phenoxy) is 1. The van der Waals surface area contributed by atoms with E-state index in [0.717, 1.165) is 22.5 Å². The van der Waals surface area contributed by atoms with Gasteiger partial charge in [0.2, 0.25) is 5.88 Å². The van der Waals surface area contributed by atoms with E-state index < -0.39 is 0 Å². The lowest BCUT2D eigenvalue weighted by molar-refractivity contribution is 0.0999. The molecule has 2 aromatic carbocycles. The molecule has 0 saturated heterocycles. The molecule has 0 aliphatic carbocycles. The van der Waals surface area contributed by atoms with Crippen LogP contribution in [0.5, 0.6) is 5.88 Å². The van der Waals surface area contributed by atoms with Crippen LogP contribution < -0.4 is 9.64 Å². The zero-order valence-corrected chi connectivity index (χ0v) is 19.3. The number of aryl methyl sites for hydroxylation is 2. The first kappa shape index (κ1) is 22.1. The van der Waals surface area contributed by atoms with Gasteiger partial charge in [-0.25, -0.2) is 4.98 Å². The minimum absolute atomic E-state index is 0.218. The maximum absolute atomic E-state index is 13.4. The van der Waals surface area contributed by atoms with Crippen molar-refractivity contribution in [3.05, 3.63) is 108 Å². The molecule has 0 saturated carbocycles. The van der Waals surface area contributed by atoms with Crippen LogP contribution in [0.4, 0.5) is 11.4 Å². The number of nitrogens with zero attached hydrogens (tertiary/aromatic N) is 5. The van der Waals surface area contributed by atoms with Crippen molar-refractivity contribution in [1.82, 2.24) is 19.9 Å². The van der Waals surface area contributed by atoms with E-state index in [-0.39, 0.29) is 12.5 Å². The highest BCUT2D eigenvalue weighted by Gasteiger charge is 2.22. The predicted octanol–water partition coefficient (Wildman–Crippen LogP) is 5.34. The van der Waals surface area contributed by atoms with Gasteiger partial charge in [-0.3, -0.25) is 14.4 Å². The zero-order chi connectivity index (χ0) is 24.2. The molecule has 0 radical (unpaired) electrons. The summed E-state index contributed by atoms with van der Waals surface area (Å²) in [5.41, 5.74) is 4.38. The topological polar surface area (TPSA) is 86.3 Å². The third-order valence-electron chi connectivity index (χ3n) is 5.55. The predicted molar refractivity (Wildman–Crippen MR) is 131 cm³/mol. The Kier molecular flexibility index (Phi) is 6.09. The van der Waals surface area contributed by atoms with Crippen molar-refractivity contribution < 1.29 is 14.1 Å². The molecular formula is C27H23N5O3. The number of amides is 1. The molecule has 0 aliphatic rings. The van der Waals surface area contributed by atoms with Crippen molar-refractivity contribution in [3.8, 4) is 17.1 Å². The lowest BCUT2D eigenvalue weighted by Crippen LogP contribution is -2.25. The summed E-state index contributed by atoms with van der Waals surface area (Å²) in [6, 6.07) is 22.6. The molecule has 0 spiro atoms. The van der Waals surface area contributed by atoms with Crippen LogP contribution in [0.2, 0.25) is 0 Å². The van der Waals surface area contributed by atoms with Gasteiger partial charge < -0.3 is 9.26 Å². The van der Waals surface area contributed by atoms with E-state index in [9.17, 15) is 4.79 Å². The quantitative estimate of drug-likeness (QED) is 0.323. The Hall–Kier alpha value is -4.72. The van der Waals surface area contributed by atoms with Crippen molar-refractivity contribution in [2.45, 2.75) is 13.5 Å². The van der Waals surface area contributed by atoms with E-state index in [2.05, 4.69) is 15.2 Å². The average Bonchev–Trinajstić information content (AvgIpc) is 3.49. The van der Waals surface area contributed by atoms with Gasteiger partial charge in [-0.15, -0.1) is 0 Å². The summed E-state index contributed by atoms with van der Waals surface area (Å²) in [6.07, 6.45) is 4.96. The summed E-state index contributed by atoms with van der Waals surface area (Å²) in [6.45, 7) is 2.09. The summed E-state index contributed by atoms with van der Waals surface area (Å²) >= 11 is 0. The first-order chi connectivity index (χ1) is 17.1. The highest BCUT2D eigenvalue weighted by molar-refractivity contribution is 6.10. The molecule has 35 heavy (non-hydrogen) atoms. The van der Waals surface area contributed by atoms with Gasteiger partial charge >= 0.3 is 0 Å². The number of hydrogen-bond donors (Lipinski definition) is 0. The minimum Gasteiger partial charge on any atom is -0.473 e. The van der Waals surface area contributed by atoms with Gasteiger partial charge in [-0.2, -0.15) is 5.10 Å². The SMILES string of the molecule is Cc1onc(-c2ccccc2)c1COc1ccc(C(=O)N(c2ccccc2)c2cnn(C)c2)cn1. The number of hydrogen-bond acceptors (Lipinski definition) is 6. The zero-order valence-electron chi connectivity index (χ0n) is 19.3. The molecule has 0 fully saturated rings. The summed E-state index contributed by atoms with van der Waals surface area (Å²) < 4.78 is 13.0. The van der Waals surface area contributed by atoms with Crippen LogP contribution in [0.3, 0.4) is 0 Å². The molecule has 0 aliphatic heterocycles. The van der Waals surface area contributed by atoms with Crippen LogP contribution in [0.15, 0.2) is 95.9 Å². The second kappa shape index (κ2) is 9.64. The number of pyridine rings is 1. The molecule has 8 heteroatoms. The largest absolute Gasteiger partial charge is 0.473 e. The monoisotopic (exact) mass is 465 g/mol. The van der Waals surface area contributed by atoms with E-state index in [1.807, 2.05) is 74.6 Å². The maximum Gasteiger partial charge on any atom is 0.264 e. The van der Waals surface area contributed by atoms with E-state index in [0.29, 0.717) is 22.9 Å². The highest BCUT2D eigenvalue weighted by atomic mass is 16.5. The number of anilines is 2. The number of para-hydroxylation sites is 1. The van der Waals surface area contributed by atoms with Crippen molar-refractivity contribution in [1.29, 1.82) is 0 Å². The Morgan fingerprint density at radius 1 is 0.971 bits per heavy atom. The smallest absolute Gasteiger partial charge is 0.264 e. The Morgan fingerprint density at radius 2 is 1.71 bits per heavy atom. The maximum atomic E-state index is 13.4. The highest BCUT2D eigenvalue weighted by Crippen LogP contribution is 2.28. The second-order valence-electron chi connectivity index (χ2n) is 7.95. The number of carbonyl (C=O) groups excluding carboxylic acids is 1. The van der Waals surface area contributed by atoms with E-state index in [4.69, 9.17) is 9.26 Å². The number of rotatable bonds is 7. The van der Waals surface area contributed by atoms with Crippen LogP contribution >= 0.6 is 0 Å². The summed E-state index contributed by atoms with van der Waals surface area (Å²) in [5, 5.41) is 8.39. The molecule has 8 nitrogen and oxygen atoms in total. The van der Waals surface area contributed by atoms with Gasteiger partial charge in [0.1, 0.15) is 18.1 Å². The van der Waals surface area contributed by atoms with Gasteiger partial charge in [0.25, 0.3) is 5.91 Å². The van der Waals surface area contributed by atoms with Crippen LogP contribution in [0.25, 0.3) is 11.3 Å². The molecule has 0 unspecified atom stereocenters. The second-order valence-corrected chi connectivity index (χ2v) is 7.95. The Labute approximate surface area is 202 Å². The molecule has 1 amide bonds. The first-order valence-corrected chi connectivity index (χ1v) is 11.1. The van der Waals surface area contributed by atoms with Crippen LogP contribution in [0.1, 0.15) is 21.7 Å². The van der Waals surface area contributed by atoms with E-state index >= 15 is 0 Å². The van der Waals surface area contributed by atoms with Crippen LogP contribution in [0, 0.1) is 6.92 Å². The molecule has 3 heterocycles. The lowest BCUT2D eigenvalue weighted by Gasteiger charge is -2.21. The lowest BCUT2D eigenvalue weighted by atomic mass is 10.1. The van der Waals surface area contributed by atoms with Crippen LogP contribution in [-0.2, 0) is 13.7 Å². The average molecular weight is 466 g/mol. The number of aromatic nitrogens is 4. The number of benzene rings is 2. The fourth-order valence-electron chi connectivity index (χ4n) is 3.74. The Bertz CT molecular complexity index is 1430. The number of carbonyl (C=O) groups is 1. The van der Waals surface area contributed by atoms with E-state index in [1.165, 1.54) is 6.20 Å². The molecular weight excluding hydrogens is 442 g/mol. The van der Waals surface area contributed by atoms with Gasteiger partial charge in [0.15, 0.2) is 0 Å². The summed E-state index contributed by atoms with van der Waals surface area (Å²) in [5.74, 6) is 0.865. The Morgan fingerprint density at radius 3 is 2.37 bits per heavy atom. The molecule has 5 aromatic rings. The molecule has 0 bridgehead atoms. The van der Waals surface area contributed by atoms with Crippen LogP contribution in [-0.4, -0.2) is 25.8 Å². The Balaban J connectivity index is 1.35. The van der Waals surface area contributed by atoms with E-state index in [1.54, 1.807) is 34.1 Å².